The lowest BCUT2D eigenvalue weighted by molar-refractivity contribution is -0.138. The molecule has 0 aromatic heterocycles. The van der Waals surface area contributed by atoms with E-state index in [2.05, 4.69) is 10.6 Å². The number of hydrogen-bond acceptors (Lipinski definition) is 5. The molecule has 2 aliphatic heterocycles. The largest absolute Gasteiger partial charge is 0.493 e. The molecule has 130 valence electrons. The molecule has 7 nitrogen and oxygen atoms in total. The summed E-state index contributed by atoms with van der Waals surface area (Å²) in [6.45, 7) is 2.02. The monoisotopic (exact) mass is 333 g/mol. The van der Waals surface area contributed by atoms with Crippen LogP contribution in [0.2, 0.25) is 0 Å². The Labute approximate surface area is 141 Å². The standard InChI is InChI=1S/C17H23N3O4/c1-23-14-4-2-3-5-15(14)24-12-6-8-20(9-7-12)17(22)13-10-18-11-16(21)19-13/h2-5,12-13,18H,6-11H2,1H3,(H,19,21). The van der Waals surface area contributed by atoms with Gasteiger partial charge in [-0.25, -0.2) is 0 Å². The van der Waals surface area contributed by atoms with Crippen molar-refractivity contribution in [3.63, 3.8) is 0 Å². The Bertz CT molecular complexity index is 599. The topological polar surface area (TPSA) is 79.9 Å². The fraction of sp³-hybridized carbons (Fsp3) is 0.529. The van der Waals surface area contributed by atoms with Gasteiger partial charge < -0.3 is 25.0 Å². The second kappa shape index (κ2) is 7.53. The molecule has 2 heterocycles. The molecule has 1 aromatic carbocycles. The van der Waals surface area contributed by atoms with Crippen molar-refractivity contribution in [2.24, 2.45) is 0 Å². The number of nitrogens with zero attached hydrogens (tertiary/aromatic N) is 1. The summed E-state index contributed by atoms with van der Waals surface area (Å²) in [6.07, 6.45) is 1.58. The highest BCUT2D eigenvalue weighted by molar-refractivity contribution is 5.89. The Hall–Kier alpha value is -2.28. The summed E-state index contributed by atoms with van der Waals surface area (Å²) in [5.74, 6) is 1.29. The van der Waals surface area contributed by atoms with Gasteiger partial charge in [-0.3, -0.25) is 9.59 Å². The summed E-state index contributed by atoms with van der Waals surface area (Å²) < 4.78 is 11.3. The molecule has 2 aliphatic rings. The smallest absolute Gasteiger partial charge is 0.246 e. The summed E-state index contributed by atoms with van der Waals surface area (Å²) in [5, 5.41) is 5.70. The number of benzene rings is 1. The van der Waals surface area contributed by atoms with Crippen molar-refractivity contribution in [3.05, 3.63) is 24.3 Å². The first kappa shape index (κ1) is 16.6. The fourth-order valence-corrected chi connectivity index (χ4v) is 3.09. The van der Waals surface area contributed by atoms with Gasteiger partial charge >= 0.3 is 0 Å². The lowest BCUT2D eigenvalue weighted by Gasteiger charge is -2.35. The van der Waals surface area contributed by atoms with Gasteiger partial charge in [0.05, 0.1) is 13.7 Å². The SMILES string of the molecule is COc1ccccc1OC1CCN(C(=O)C2CNCC(=O)N2)CC1. The second-order valence-electron chi connectivity index (χ2n) is 6.04. The number of nitrogens with one attached hydrogen (secondary N) is 2. The van der Waals surface area contributed by atoms with Crippen LogP contribution in [0.3, 0.4) is 0 Å². The van der Waals surface area contributed by atoms with Crippen LogP contribution in [0.4, 0.5) is 0 Å². The molecule has 1 unspecified atom stereocenters. The van der Waals surface area contributed by atoms with Gasteiger partial charge in [0, 0.05) is 32.5 Å². The Morgan fingerprint density at radius 2 is 1.92 bits per heavy atom. The number of carbonyl (C=O) groups excluding carboxylic acids is 2. The maximum atomic E-state index is 12.5. The highest BCUT2D eigenvalue weighted by Gasteiger charge is 2.31. The number of hydrogen-bond donors (Lipinski definition) is 2. The zero-order valence-electron chi connectivity index (χ0n) is 13.8. The molecular weight excluding hydrogens is 310 g/mol. The van der Waals surface area contributed by atoms with E-state index in [1.54, 1.807) is 12.0 Å². The van der Waals surface area contributed by atoms with E-state index in [0.29, 0.717) is 25.4 Å². The Kier molecular flexibility index (Phi) is 5.20. The van der Waals surface area contributed by atoms with Crippen molar-refractivity contribution in [3.8, 4) is 11.5 Å². The molecule has 2 saturated heterocycles. The zero-order chi connectivity index (χ0) is 16.9. The predicted molar refractivity (Wildman–Crippen MR) is 88.0 cm³/mol. The Morgan fingerprint density at radius 1 is 1.21 bits per heavy atom. The van der Waals surface area contributed by atoms with Crippen LogP contribution in [0.25, 0.3) is 0 Å². The number of rotatable bonds is 4. The third kappa shape index (κ3) is 3.79. The van der Waals surface area contributed by atoms with E-state index in [0.717, 1.165) is 18.6 Å². The van der Waals surface area contributed by atoms with Crippen molar-refractivity contribution in [2.45, 2.75) is 25.0 Å². The quantitative estimate of drug-likeness (QED) is 0.820. The van der Waals surface area contributed by atoms with Gasteiger partial charge in [-0.2, -0.15) is 0 Å². The third-order valence-corrected chi connectivity index (χ3v) is 4.38. The number of para-hydroxylation sites is 2. The first-order chi connectivity index (χ1) is 11.7. The highest BCUT2D eigenvalue weighted by Crippen LogP contribution is 2.29. The number of methoxy groups -OCH3 is 1. The maximum Gasteiger partial charge on any atom is 0.246 e. The van der Waals surface area contributed by atoms with E-state index in [9.17, 15) is 9.59 Å². The summed E-state index contributed by atoms with van der Waals surface area (Å²) in [7, 11) is 1.62. The molecule has 24 heavy (non-hydrogen) atoms. The van der Waals surface area contributed by atoms with Crippen molar-refractivity contribution >= 4 is 11.8 Å². The molecule has 0 aliphatic carbocycles. The molecule has 0 radical (unpaired) electrons. The van der Waals surface area contributed by atoms with Gasteiger partial charge in [-0.1, -0.05) is 12.1 Å². The van der Waals surface area contributed by atoms with Gasteiger partial charge in [0.1, 0.15) is 12.1 Å². The maximum absolute atomic E-state index is 12.5. The lowest BCUT2D eigenvalue weighted by atomic mass is 10.1. The van der Waals surface area contributed by atoms with Crippen molar-refractivity contribution in [1.29, 1.82) is 0 Å². The first-order valence-electron chi connectivity index (χ1n) is 8.26. The average Bonchev–Trinajstić information content (AvgIpc) is 2.62. The lowest BCUT2D eigenvalue weighted by Crippen LogP contribution is -2.60. The van der Waals surface area contributed by atoms with Gasteiger partial charge in [-0.15, -0.1) is 0 Å². The number of piperazine rings is 1. The van der Waals surface area contributed by atoms with Crippen LogP contribution < -0.4 is 20.1 Å². The van der Waals surface area contributed by atoms with E-state index in [1.165, 1.54) is 0 Å². The number of ether oxygens (including phenoxy) is 2. The van der Waals surface area contributed by atoms with Gasteiger partial charge in [0.2, 0.25) is 11.8 Å². The van der Waals surface area contributed by atoms with Crippen molar-refractivity contribution < 1.29 is 19.1 Å². The van der Waals surface area contributed by atoms with Crippen LogP contribution in [0.15, 0.2) is 24.3 Å². The first-order valence-corrected chi connectivity index (χ1v) is 8.26. The van der Waals surface area contributed by atoms with Crippen LogP contribution in [-0.4, -0.2) is 62.1 Å². The zero-order valence-corrected chi connectivity index (χ0v) is 13.8. The van der Waals surface area contributed by atoms with Crippen LogP contribution in [0.1, 0.15) is 12.8 Å². The fourth-order valence-electron chi connectivity index (χ4n) is 3.09. The van der Waals surface area contributed by atoms with E-state index in [4.69, 9.17) is 9.47 Å². The van der Waals surface area contributed by atoms with Crippen LogP contribution in [-0.2, 0) is 9.59 Å². The number of amides is 2. The molecule has 2 fully saturated rings. The third-order valence-electron chi connectivity index (χ3n) is 4.38. The van der Waals surface area contributed by atoms with Crippen LogP contribution in [0, 0.1) is 0 Å². The molecule has 1 atom stereocenters. The Morgan fingerprint density at radius 3 is 2.58 bits per heavy atom. The number of carbonyl (C=O) groups is 2. The van der Waals surface area contributed by atoms with E-state index in [1.807, 2.05) is 24.3 Å². The van der Waals surface area contributed by atoms with Gasteiger partial charge in [0.25, 0.3) is 0 Å². The molecule has 1 aromatic rings. The highest BCUT2D eigenvalue weighted by atomic mass is 16.5. The van der Waals surface area contributed by atoms with Gasteiger partial charge in [-0.05, 0) is 12.1 Å². The predicted octanol–water partition coefficient (Wildman–Crippen LogP) is 0.153. The molecular formula is C17H23N3O4. The minimum Gasteiger partial charge on any atom is -0.493 e. The second-order valence-corrected chi connectivity index (χ2v) is 6.04. The van der Waals surface area contributed by atoms with E-state index in [-0.39, 0.29) is 24.5 Å². The van der Waals surface area contributed by atoms with Gasteiger partial charge in [0.15, 0.2) is 11.5 Å². The molecule has 0 bridgehead atoms. The summed E-state index contributed by atoms with van der Waals surface area (Å²) >= 11 is 0. The molecule has 3 rings (SSSR count). The average molecular weight is 333 g/mol. The Balaban J connectivity index is 1.52. The number of piperidine rings is 1. The summed E-state index contributed by atoms with van der Waals surface area (Å²) in [4.78, 5) is 25.7. The molecule has 2 N–H and O–H groups in total. The molecule has 7 heteroatoms. The molecule has 0 spiro atoms. The summed E-state index contributed by atoms with van der Waals surface area (Å²) in [5.41, 5.74) is 0. The minimum atomic E-state index is -0.460. The van der Waals surface area contributed by atoms with Crippen molar-refractivity contribution in [2.75, 3.05) is 33.3 Å². The minimum absolute atomic E-state index is 0.0220. The number of likely N-dealkylation sites (tertiary alicyclic amines) is 1. The van der Waals surface area contributed by atoms with Crippen LogP contribution in [0.5, 0.6) is 11.5 Å². The van der Waals surface area contributed by atoms with Crippen molar-refractivity contribution in [1.82, 2.24) is 15.5 Å². The summed E-state index contributed by atoms with van der Waals surface area (Å²) in [6, 6.07) is 7.11. The van der Waals surface area contributed by atoms with Crippen LogP contribution >= 0.6 is 0 Å². The van der Waals surface area contributed by atoms with E-state index < -0.39 is 6.04 Å². The van der Waals surface area contributed by atoms with E-state index >= 15 is 0 Å². The molecule has 0 saturated carbocycles. The molecule has 2 amide bonds. The normalized spacial score (nSPS) is 22.0.